The first-order valence-corrected chi connectivity index (χ1v) is 8.60. The van der Waals surface area contributed by atoms with Crippen molar-refractivity contribution in [3.8, 4) is 5.75 Å². The number of benzene rings is 1. The number of aromatic hydroxyl groups is 1. The first-order chi connectivity index (χ1) is 10.7. The summed E-state index contributed by atoms with van der Waals surface area (Å²) < 4.78 is 0. The van der Waals surface area contributed by atoms with Crippen molar-refractivity contribution in [1.82, 2.24) is 0 Å². The van der Waals surface area contributed by atoms with E-state index in [1.165, 1.54) is 0 Å². The Kier molecular flexibility index (Phi) is 5.98. The van der Waals surface area contributed by atoms with Gasteiger partial charge in [0, 0.05) is 16.0 Å². The summed E-state index contributed by atoms with van der Waals surface area (Å²) >= 11 is 1.00. The Morgan fingerprint density at radius 2 is 1.42 bits per heavy atom. The van der Waals surface area contributed by atoms with Crippen LogP contribution >= 0.6 is 11.8 Å². The van der Waals surface area contributed by atoms with Gasteiger partial charge in [0.1, 0.15) is 11.0 Å². The fraction of sp³-hybridized carbons (Fsp3) is 0.556. The van der Waals surface area contributed by atoms with Crippen molar-refractivity contribution in [2.24, 2.45) is 0 Å². The summed E-state index contributed by atoms with van der Waals surface area (Å²) in [6.45, 7) is 11.8. The highest BCUT2D eigenvalue weighted by Gasteiger charge is 2.29. The van der Waals surface area contributed by atoms with Crippen LogP contribution in [-0.2, 0) is 20.4 Å². The third-order valence-corrected chi connectivity index (χ3v) is 4.77. The molecule has 0 aliphatic carbocycles. The molecule has 0 fully saturated rings. The van der Waals surface area contributed by atoms with Crippen molar-refractivity contribution in [2.45, 2.75) is 68.9 Å². The van der Waals surface area contributed by atoms with Gasteiger partial charge in [0.05, 0.1) is 6.42 Å². The second kappa shape index (κ2) is 7.05. The Bertz CT molecular complexity index is 603. The molecule has 0 aliphatic heterocycles. The standard InChI is InChI=1S/C18H26O5S/c1-17(2,3)11-7-10(8-12(15(11)21)18(4,5)6)24-13(16(22)23)9-14(19)20/h7-8,13,21H,9H2,1-6H3,(H,19,20)(H,22,23). The molecule has 0 heterocycles. The summed E-state index contributed by atoms with van der Waals surface area (Å²) in [4.78, 5) is 22.9. The SMILES string of the molecule is CC(C)(C)c1cc(SC(CC(=O)O)C(=O)O)cc(C(C)(C)C)c1O. The van der Waals surface area contributed by atoms with Crippen LogP contribution in [0.5, 0.6) is 5.75 Å². The van der Waals surface area contributed by atoms with E-state index in [1.807, 2.05) is 41.5 Å². The highest BCUT2D eigenvalue weighted by Crippen LogP contribution is 2.42. The van der Waals surface area contributed by atoms with Gasteiger partial charge in [0.15, 0.2) is 0 Å². The molecule has 1 aromatic carbocycles. The van der Waals surface area contributed by atoms with Crippen LogP contribution < -0.4 is 0 Å². The number of carbonyl (C=O) groups is 2. The number of carboxylic acid groups (broad SMARTS) is 2. The summed E-state index contributed by atoms with van der Waals surface area (Å²) in [6.07, 6.45) is -0.462. The van der Waals surface area contributed by atoms with Gasteiger partial charge in [-0.25, -0.2) is 0 Å². The number of hydrogen-bond acceptors (Lipinski definition) is 4. The third kappa shape index (κ3) is 5.16. The molecule has 134 valence electrons. The number of thioether (sulfide) groups is 1. The summed E-state index contributed by atoms with van der Waals surface area (Å²) in [5.41, 5.74) is 0.784. The normalized spacial score (nSPS) is 13.6. The number of phenolic OH excluding ortho intramolecular Hbond substituents is 1. The molecule has 0 radical (unpaired) electrons. The average molecular weight is 354 g/mol. The number of rotatable bonds is 5. The van der Waals surface area contributed by atoms with Crippen LogP contribution in [-0.4, -0.2) is 32.5 Å². The lowest BCUT2D eigenvalue weighted by molar-refractivity contribution is -0.142. The largest absolute Gasteiger partial charge is 0.507 e. The molecule has 1 unspecified atom stereocenters. The van der Waals surface area contributed by atoms with Gasteiger partial charge in [0.25, 0.3) is 0 Å². The lowest BCUT2D eigenvalue weighted by Crippen LogP contribution is -2.21. The van der Waals surface area contributed by atoms with E-state index in [4.69, 9.17) is 5.11 Å². The Morgan fingerprint density at radius 1 is 1.00 bits per heavy atom. The van der Waals surface area contributed by atoms with Crippen LogP contribution in [0.3, 0.4) is 0 Å². The molecule has 0 aromatic heterocycles. The zero-order valence-corrected chi connectivity index (χ0v) is 15.8. The quantitative estimate of drug-likeness (QED) is 0.692. The maximum Gasteiger partial charge on any atom is 0.317 e. The molecule has 3 N–H and O–H groups in total. The van der Waals surface area contributed by atoms with E-state index in [-0.39, 0.29) is 16.6 Å². The molecule has 6 heteroatoms. The Hall–Kier alpha value is -1.69. The van der Waals surface area contributed by atoms with Crippen LogP contribution in [0.2, 0.25) is 0 Å². The molecule has 0 amide bonds. The average Bonchev–Trinajstić information content (AvgIpc) is 2.36. The van der Waals surface area contributed by atoms with Crippen molar-refractivity contribution in [3.05, 3.63) is 23.3 Å². The van der Waals surface area contributed by atoms with E-state index < -0.39 is 23.6 Å². The van der Waals surface area contributed by atoms with Gasteiger partial charge in [-0.2, -0.15) is 0 Å². The van der Waals surface area contributed by atoms with Crippen LogP contribution in [0, 0.1) is 0 Å². The lowest BCUT2D eigenvalue weighted by Gasteiger charge is -2.28. The minimum atomic E-state index is -1.16. The smallest absolute Gasteiger partial charge is 0.317 e. The molecule has 0 spiro atoms. The number of hydrogen-bond donors (Lipinski definition) is 3. The predicted octanol–water partition coefficient (Wildman–Crippen LogP) is 4.01. The van der Waals surface area contributed by atoms with E-state index >= 15 is 0 Å². The molecule has 5 nitrogen and oxygen atoms in total. The molecule has 0 bridgehead atoms. The number of carboxylic acids is 2. The van der Waals surface area contributed by atoms with Crippen molar-refractivity contribution in [1.29, 1.82) is 0 Å². The summed E-state index contributed by atoms with van der Waals surface area (Å²) in [7, 11) is 0. The van der Waals surface area contributed by atoms with Crippen LogP contribution in [0.15, 0.2) is 17.0 Å². The minimum Gasteiger partial charge on any atom is -0.507 e. The topological polar surface area (TPSA) is 94.8 Å². The second-order valence-electron chi connectivity index (χ2n) is 7.91. The minimum absolute atomic E-state index is 0.212. The molecular weight excluding hydrogens is 328 g/mol. The Balaban J connectivity index is 3.43. The predicted molar refractivity (Wildman–Crippen MR) is 95.0 cm³/mol. The highest BCUT2D eigenvalue weighted by atomic mass is 32.2. The zero-order chi connectivity index (χ0) is 18.9. The summed E-state index contributed by atoms with van der Waals surface area (Å²) in [5.74, 6) is -2.10. The maximum absolute atomic E-state index is 11.3. The molecule has 0 saturated carbocycles. The first kappa shape index (κ1) is 20.4. The molecule has 0 aliphatic rings. The number of aliphatic carboxylic acids is 2. The van der Waals surface area contributed by atoms with Gasteiger partial charge >= 0.3 is 11.9 Å². The van der Waals surface area contributed by atoms with E-state index in [1.54, 1.807) is 12.1 Å². The third-order valence-electron chi connectivity index (χ3n) is 3.61. The van der Waals surface area contributed by atoms with Crippen LogP contribution in [0.25, 0.3) is 0 Å². The molecule has 0 saturated heterocycles. The maximum atomic E-state index is 11.3. The van der Waals surface area contributed by atoms with Gasteiger partial charge in [-0.05, 0) is 23.0 Å². The summed E-state index contributed by atoms with van der Waals surface area (Å²) in [5, 5.41) is 27.7. The summed E-state index contributed by atoms with van der Waals surface area (Å²) in [6, 6.07) is 3.51. The van der Waals surface area contributed by atoms with E-state index in [0.717, 1.165) is 22.9 Å². The lowest BCUT2D eigenvalue weighted by atomic mass is 9.79. The van der Waals surface area contributed by atoms with Crippen molar-refractivity contribution < 1.29 is 24.9 Å². The molecule has 1 atom stereocenters. The molecule has 1 aromatic rings. The van der Waals surface area contributed by atoms with E-state index in [0.29, 0.717) is 4.90 Å². The van der Waals surface area contributed by atoms with Gasteiger partial charge < -0.3 is 15.3 Å². The van der Waals surface area contributed by atoms with Gasteiger partial charge in [-0.15, -0.1) is 11.8 Å². The number of phenols is 1. The van der Waals surface area contributed by atoms with E-state index in [2.05, 4.69) is 0 Å². The van der Waals surface area contributed by atoms with Crippen molar-refractivity contribution in [2.75, 3.05) is 0 Å². The van der Waals surface area contributed by atoms with Crippen molar-refractivity contribution in [3.63, 3.8) is 0 Å². The Labute approximate surface area is 147 Å². The second-order valence-corrected chi connectivity index (χ2v) is 9.19. The zero-order valence-electron chi connectivity index (χ0n) is 15.0. The van der Waals surface area contributed by atoms with Crippen LogP contribution in [0.1, 0.15) is 59.1 Å². The van der Waals surface area contributed by atoms with Gasteiger partial charge in [-0.1, -0.05) is 41.5 Å². The fourth-order valence-electron chi connectivity index (χ4n) is 2.32. The van der Waals surface area contributed by atoms with Gasteiger partial charge in [-0.3, -0.25) is 9.59 Å². The molecular formula is C18H26O5S. The fourth-order valence-corrected chi connectivity index (χ4v) is 3.35. The van der Waals surface area contributed by atoms with Gasteiger partial charge in [0.2, 0.25) is 0 Å². The molecule has 1 rings (SSSR count). The monoisotopic (exact) mass is 354 g/mol. The highest BCUT2D eigenvalue weighted by molar-refractivity contribution is 8.00. The first-order valence-electron chi connectivity index (χ1n) is 7.72. The van der Waals surface area contributed by atoms with E-state index in [9.17, 15) is 19.8 Å². The van der Waals surface area contributed by atoms with Crippen LogP contribution in [0.4, 0.5) is 0 Å². The van der Waals surface area contributed by atoms with Crippen molar-refractivity contribution >= 4 is 23.7 Å². The molecule has 24 heavy (non-hydrogen) atoms. The Morgan fingerprint density at radius 3 is 1.71 bits per heavy atom.